The van der Waals surface area contributed by atoms with Crippen LogP contribution in [-0.2, 0) is 5.75 Å². The Balaban J connectivity index is 1.76. The van der Waals surface area contributed by atoms with Crippen LogP contribution in [0.4, 0.5) is 0 Å². The molecular formula is C15H15Br2NO2S2. The Morgan fingerprint density at radius 3 is 2.82 bits per heavy atom. The lowest BCUT2D eigenvalue weighted by Gasteiger charge is -2.08. The van der Waals surface area contributed by atoms with E-state index in [0.29, 0.717) is 17.9 Å². The summed E-state index contributed by atoms with van der Waals surface area (Å²) in [6.07, 6.45) is 0. The summed E-state index contributed by atoms with van der Waals surface area (Å²) in [6, 6.07) is 9.54. The Labute approximate surface area is 155 Å². The van der Waals surface area contributed by atoms with Crippen LogP contribution in [0.3, 0.4) is 0 Å². The summed E-state index contributed by atoms with van der Waals surface area (Å²) in [7, 11) is 1.59. The van der Waals surface area contributed by atoms with Crippen molar-refractivity contribution in [1.29, 1.82) is 0 Å². The number of methoxy groups -OCH3 is 1. The van der Waals surface area contributed by atoms with E-state index in [4.69, 9.17) is 4.74 Å². The fourth-order valence-corrected chi connectivity index (χ4v) is 4.62. The zero-order valence-electron chi connectivity index (χ0n) is 11.9. The largest absolute Gasteiger partial charge is 0.497 e. The Morgan fingerprint density at radius 2 is 2.14 bits per heavy atom. The van der Waals surface area contributed by atoms with Crippen molar-refractivity contribution < 1.29 is 9.53 Å². The van der Waals surface area contributed by atoms with Crippen molar-refractivity contribution in [3.8, 4) is 5.75 Å². The SMILES string of the molecule is COc1ccc(Br)c(C(=O)NCCSCc2ccc(Br)s2)c1. The van der Waals surface area contributed by atoms with Gasteiger partial charge in [0.25, 0.3) is 5.91 Å². The van der Waals surface area contributed by atoms with Gasteiger partial charge in [0.2, 0.25) is 0 Å². The summed E-state index contributed by atoms with van der Waals surface area (Å²) < 4.78 is 7.06. The van der Waals surface area contributed by atoms with E-state index in [1.807, 2.05) is 23.9 Å². The molecule has 1 amide bonds. The third kappa shape index (κ3) is 5.30. The standard InChI is InChI=1S/C15H15Br2NO2S2/c1-20-10-2-4-13(16)12(8-10)15(19)18-6-7-21-9-11-3-5-14(17)22-11/h2-5,8H,6-7,9H2,1H3,(H,18,19). The molecule has 0 aliphatic rings. The van der Waals surface area contributed by atoms with Crippen LogP contribution < -0.4 is 10.1 Å². The van der Waals surface area contributed by atoms with E-state index in [2.05, 4.69) is 49.3 Å². The van der Waals surface area contributed by atoms with Gasteiger partial charge in [0.15, 0.2) is 0 Å². The molecule has 1 N–H and O–H groups in total. The molecule has 2 rings (SSSR count). The van der Waals surface area contributed by atoms with Gasteiger partial charge in [0, 0.05) is 27.4 Å². The number of rotatable bonds is 7. The first-order chi connectivity index (χ1) is 10.6. The van der Waals surface area contributed by atoms with Gasteiger partial charge in [-0.05, 0) is 62.2 Å². The number of benzene rings is 1. The van der Waals surface area contributed by atoms with Crippen LogP contribution in [0.5, 0.6) is 5.75 Å². The molecule has 1 aromatic carbocycles. The number of carbonyl (C=O) groups is 1. The number of nitrogens with one attached hydrogen (secondary N) is 1. The first-order valence-electron chi connectivity index (χ1n) is 6.54. The first-order valence-corrected chi connectivity index (χ1v) is 10.1. The van der Waals surface area contributed by atoms with E-state index in [1.54, 1.807) is 24.5 Å². The zero-order chi connectivity index (χ0) is 15.9. The third-order valence-electron chi connectivity index (χ3n) is 2.82. The lowest BCUT2D eigenvalue weighted by Crippen LogP contribution is -2.26. The van der Waals surface area contributed by atoms with Gasteiger partial charge in [-0.2, -0.15) is 11.8 Å². The van der Waals surface area contributed by atoms with Crippen LogP contribution in [0, 0.1) is 0 Å². The Morgan fingerprint density at radius 1 is 1.32 bits per heavy atom. The fourth-order valence-electron chi connectivity index (χ4n) is 1.74. The maximum absolute atomic E-state index is 12.2. The maximum Gasteiger partial charge on any atom is 0.252 e. The molecule has 0 unspecified atom stereocenters. The molecular weight excluding hydrogens is 450 g/mol. The van der Waals surface area contributed by atoms with Crippen LogP contribution in [0.1, 0.15) is 15.2 Å². The molecule has 1 heterocycles. The van der Waals surface area contributed by atoms with Gasteiger partial charge in [-0.25, -0.2) is 0 Å². The molecule has 0 saturated carbocycles. The number of halogens is 2. The van der Waals surface area contributed by atoms with E-state index >= 15 is 0 Å². The zero-order valence-corrected chi connectivity index (χ0v) is 16.7. The van der Waals surface area contributed by atoms with Crippen molar-refractivity contribution in [3.63, 3.8) is 0 Å². The average Bonchev–Trinajstić information content (AvgIpc) is 2.92. The van der Waals surface area contributed by atoms with E-state index in [-0.39, 0.29) is 5.91 Å². The summed E-state index contributed by atoms with van der Waals surface area (Å²) >= 11 is 10.4. The van der Waals surface area contributed by atoms with Crippen molar-refractivity contribution in [2.75, 3.05) is 19.4 Å². The molecule has 0 atom stereocenters. The second kappa shape index (κ2) is 8.96. The molecule has 22 heavy (non-hydrogen) atoms. The minimum Gasteiger partial charge on any atom is -0.497 e. The van der Waals surface area contributed by atoms with Crippen molar-refractivity contribution >= 4 is 60.9 Å². The quantitative estimate of drug-likeness (QED) is 0.589. The molecule has 1 aromatic heterocycles. The highest BCUT2D eigenvalue weighted by Gasteiger charge is 2.10. The molecule has 0 fully saturated rings. The van der Waals surface area contributed by atoms with Crippen LogP contribution in [0.2, 0.25) is 0 Å². The van der Waals surface area contributed by atoms with Gasteiger partial charge in [0.05, 0.1) is 16.5 Å². The van der Waals surface area contributed by atoms with Crippen molar-refractivity contribution in [3.05, 3.63) is 49.0 Å². The molecule has 0 aliphatic heterocycles. The monoisotopic (exact) mass is 463 g/mol. The average molecular weight is 465 g/mol. The van der Waals surface area contributed by atoms with E-state index < -0.39 is 0 Å². The van der Waals surface area contributed by atoms with Gasteiger partial charge >= 0.3 is 0 Å². The molecule has 0 bridgehead atoms. The smallest absolute Gasteiger partial charge is 0.252 e. The second-order valence-electron chi connectivity index (χ2n) is 4.36. The van der Waals surface area contributed by atoms with Gasteiger partial charge in [0.1, 0.15) is 5.75 Å². The van der Waals surface area contributed by atoms with Crippen LogP contribution in [0.15, 0.2) is 38.6 Å². The third-order valence-corrected chi connectivity index (χ3v) is 6.33. The summed E-state index contributed by atoms with van der Waals surface area (Å²) in [6.45, 7) is 0.639. The Kier molecular flexibility index (Phi) is 7.27. The lowest BCUT2D eigenvalue weighted by molar-refractivity contribution is 0.0955. The predicted molar refractivity (Wildman–Crippen MR) is 101 cm³/mol. The highest BCUT2D eigenvalue weighted by Crippen LogP contribution is 2.25. The topological polar surface area (TPSA) is 38.3 Å². The minimum absolute atomic E-state index is 0.0924. The summed E-state index contributed by atoms with van der Waals surface area (Å²) in [4.78, 5) is 13.5. The predicted octanol–water partition coefficient (Wildman–Crippen LogP) is 4.94. The highest BCUT2D eigenvalue weighted by molar-refractivity contribution is 9.11. The molecule has 3 nitrogen and oxygen atoms in total. The van der Waals surface area contributed by atoms with Crippen LogP contribution in [-0.4, -0.2) is 25.3 Å². The van der Waals surface area contributed by atoms with Gasteiger partial charge in [-0.3, -0.25) is 4.79 Å². The first kappa shape index (κ1) is 17.8. The molecule has 0 saturated heterocycles. The number of carbonyl (C=O) groups excluding carboxylic acids is 1. The molecule has 0 aliphatic carbocycles. The number of amides is 1. The van der Waals surface area contributed by atoms with Crippen molar-refractivity contribution in [1.82, 2.24) is 5.32 Å². The molecule has 2 aromatic rings. The van der Waals surface area contributed by atoms with E-state index in [1.165, 1.54) is 4.88 Å². The Bertz CT molecular complexity index is 646. The summed E-state index contributed by atoms with van der Waals surface area (Å²) in [5.41, 5.74) is 0.589. The second-order valence-corrected chi connectivity index (χ2v) is 8.87. The van der Waals surface area contributed by atoms with Crippen LogP contribution in [0.25, 0.3) is 0 Å². The van der Waals surface area contributed by atoms with Gasteiger partial charge in [-0.1, -0.05) is 0 Å². The highest BCUT2D eigenvalue weighted by atomic mass is 79.9. The summed E-state index contributed by atoms with van der Waals surface area (Å²) in [5, 5.41) is 2.93. The van der Waals surface area contributed by atoms with Crippen molar-refractivity contribution in [2.24, 2.45) is 0 Å². The van der Waals surface area contributed by atoms with Crippen LogP contribution >= 0.6 is 55.0 Å². The number of thiophene rings is 1. The number of thioether (sulfide) groups is 1. The van der Waals surface area contributed by atoms with Crippen molar-refractivity contribution in [2.45, 2.75) is 5.75 Å². The van der Waals surface area contributed by atoms with Gasteiger partial charge in [-0.15, -0.1) is 11.3 Å². The number of ether oxygens (including phenoxy) is 1. The van der Waals surface area contributed by atoms with E-state index in [0.717, 1.165) is 19.8 Å². The molecule has 7 heteroatoms. The van der Waals surface area contributed by atoms with E-state index in [9.17, 15) is 4.79 Å². The molecule has 118 valence electrons. The minimum atomic E-state index is -0.0924. The fraction of sp³-hybridized carbons (Fsp3) is 0.267. The normalized spacial score (nSPS) is 10.5. The number of hydrogen-bond acceptors (Lipinski definition) is 4. The number of hydrogen-bond donors (Lipinski definition) is 1. The summed E-state index contributed by atoms with van der Waals surface area (Å²) in [5.74, 6) is 2.42. The molecule has 0 spiro atoms. The van der Waals surface area contributed by atoms with Gasteiger partial charge < -0.3 is 10.1 Å². The maximum atomic E-state index is 12.2. The Hall–Kier alpha value is -0.500. The lowest BCUT2D eigenvalue weighted by atomic mass is 10.2. The molecule has 0 radical (unpaired) electrons.